The van der Waals surface area contributed by atoms with Gasteiger partial charge in [-0.3, -0.25) is 0 Å². The third-order valence-corrected chi connectivity index (χ3v) is 3.09. The summed E-state index contributed by atoms with van der Waals surface area (Å²) < 4.78 is 43.5. The summed E-state index contributed by atoms with van der Waals surface area (Å²) in [6.45, 7) is 3.81. The summed E-state index contributed by atoms with van der Waals surface area (Å²) in [5.74, 6) is -1.44. The van der Waals surface area contributed by atoms with E-state index in [1.54, 1.807) is 12.1 Å². The van der Waals surface area contributed by atoms with Crippen molar-refractivity contribution in [2.24, 2.45) is 0 Å². The van der Waals surface area contributed by atoms with E-state index in [0.717, 1.165) is 11.6 Å². The smallest absolute Gasteiger partial charge is 0.430 e. The Morgan fingerprint density at radius 1 is 1.35 bits per heavy atom. The molecular formula is C14H13F3O3. The highest BCUT2D eigenvalue weighted by Crippen LogP contribution is 2.38. The topological polar surface area (TPSA) is 46.5 Å². The number of halogens is 3. The van der Waals surface area contributed by atoms with Crippen LogP contribution in [-0.2, 0) is 4.79 Å². The van der Waals surface area contributed by atoms with Gasteiger partial charge in [0.1, 0.15) is 5.75 Å². The fourth-order valence-corrected chi connectivity index (χ4v) is 1.98. The first kappa shape index (κ1) is 14.4. The van der Waals surface area contributed by atoms with Gasteiger partial charge in [-0.1, -0.05) is 26.0 Å². The summed E-state index contributed by atoms with van der Waals surface area (Å²) >= 11 is 0. The molecule has 108 valence electrons. The summed E-state index contributed by atoms with van der Waals surface area (Å²) in [7, 11) is 0. The van der Waals surface area contributed by atoms with Crippen LogP contribution in [0.2, 0.25) is 0 Å². The number of alkyl halides is 3. The molecule has 3 nitrogen and oxygen atoms in total. The van der Waals surface area contributed by atoms with E-state index in [1.165, 1.54) is 6.07 Å². The van der Waals surface area contributed by atoms with Crippen molar-refractivity contribution in [3.05, 3.63) is 34.9 Å². The second kappa shape index (κ2) is 4.85. The average molecular weight is 286 g/mol. The maximum atomic E-state index is 12.9. The Labute approximate surface area is 113 Å². The van der Waals surface area contributed by atoms with E-state index in [2.05, 4.69) is 0 Å². The van der Waals surface area contributed by atoms with Gasteiger partial charge in [0.05, 0.1) is 5.57 Å². The zero-order valence-corrected chi connectivity index (χ0v) is 10.9. The molecule has 1 heterocycles. The van der Waals surface area contributed by atoms with Gasteiger partial charge in [-0.2, -0.15) is 13.2 Å². The van der Waals surface area contributed by atoms with Gasteiger partial charge >= 0.3 is 12.1 Å². The number of carbonyl (C=O) groups is 1. The van der Waals surface area contributed by atoms with Crippen molar-refractivity contribution in [2.75, 3.05) is 0 Å². The lowest BCUT2D eigenvalue weighted by Gasteiger charge is -2.27. The van der Waals surface area contributed by atoms with Crippen LogP contribution in [0.4, 0.5) is 13.2 Å². The Kier molecular flexibility index (Phi) is 3.50. The van der Waals surface area contributed by atoms with Gasteiger partial charge in [0.15, 0.2) is 0 Å². The van der Waals surface area contributed by atoms with Gasteiger partial charge in [0, 0.05) is 5.56 Å². The molecular weight excluding hydrogens is 273 g/mol. The first-order valence-corrected chi connectivity index (χ1v) is 6.02. The van der Waals surface area contributed by atoms with E-state index in [4.69, 9.17) is 9.84 Å². The molecule has 1 aromatic carbocycles. The van der Waals surface area contributed by atoms with Crippen molar-refractivity contribution in [3.63, 3.8) is 0 Å². The Hall–Kier alpha value is -1.98. The second-order valence-corrected chi connectivity index (χ2v) is 4.90. The summed E-state index contributed by atoms with van der Waals surface area (Å²) in [5.41, 5.74) is 0.367. The summed E-state index contributed by atoms with van der Waals surface area (Å²) in [6, 6.07) is 4.84. The standard InChI is InChI=1S/C14H13F3O3/c1-7(2)8-3-4-9-5-10(13(18)19)12(14(15,16)17)20-11(9)6-8/h3-7,12H,1-2H3,(H,18,19). The fraction of sp³-hybridized carbons (Fsp3) is 0.357. The second-order valence-electron chi connectivity index (χ2n) is 4.90. The lowest BCUT2D eigenvalue weighted by Crippen LogP contribution is -2.40. The van der Waals surface area contributed by atoms with Crippen molar-refractivity contribution in [2.45, 2.75) is 32.0 Å². The van der Waals surface area contributed by atoms with Crippen LogP contribution in [-0.4, -0.2) is 23.4 Å². The zero-order valence-electron chi connectivity index (χ0n) is 10.9. The van der Waals surface area contributed by atoms with Gasteiger partial charge < -0.3 is 9.84 Å². The molecule has 1 unspecified atom stereocenters. The molecule has 0 spiro atoms. The van der Waals surface area contributed by atoms with Crippen molar-refractivity contribution >= 4 is 12.0 Å². The monoisotopic (exact) mass is 286 g/mol. The number of fused-ring (bicyclic) bond motifs is 1. The van der Waals surface area contributed by atoms with Gasteiger partial charge in [0.25, 0.3) is 0 Å². The molecule has 0 aromatic heterocycles. The van der Waals surface area contributed by atoms with Crippen LogP contribution >= 0.6 is 0 Å². The van der Waals surface area contributed by atoms with Gasteiger partial charge in [-0.05, 0) is 23.6 Å². The van der Waals surface area contributed by atoms with Gasteiger partial charge in [-0.25, -0.2) is 4.79 Å². The lowest BCUT2D eigenvalue weighted by molar-refractivity contribution is -0.187. The highest BCUT2D eigenvalue weighted by molar-refractivity contribution is 5.95. The van der Waals surface area contributed by atoms with Crippen LogP contribution in [0.5, 0.6) is 5.75 Å². The molecule has 0 aliphatic carbocycles. The van der Waals surface area contributed by atoms with Crippen LogP contribution in [0.15, 0.2) is 23.8 Å². The van der Waals surface area contributed by atoms with Crippen molar-refractivity contribution < 1.29 is 27.8 Å². The van der Waals surface area contributed by atoms with E-state index in [9.17, 15) is 18.0 Å². The fourth-order valence-electron chi connectivity index (χ4n) is 1.98. The minimum Gasteiger partial charge on any atom is -0.478 e. The molecule has 1 aromatic rings. The number of hydrogen-bond donors (Lipinski definition) is 1. The highest BCUT2D eigenvalue weighted by atomic mass is 19.4. The van der Waals surface area contributed by atoms with Crippen molar-refractivity contribution in [1.82, 2.24) is 0 Å². The summed E-state index contributed by atoms with van der Waals surface area (Å²) in [5, 5.41) is 8.89. The Balaban J connectivity index is 2.51. The maximum absolute atomic E-state index is 12.9. The largest absolute Gasteiger partial charge is 0.478 e. The molecule has 1 aliphatic rings. The number of benzene rings is 1. The molecule has 2 rings (SSSR count). The van der Waals surface area contributed by atoms with Crippen molar-refractivity contribution in [1.29, 1.82) is 0 Å². The first-order valence-electron chi connectivity index (χ1n) is 6.02. The molecule has 1 atom stereocenters. The predicted octanol–water partition coefficient (Wildman–Crippen LogP) is 3.60. The molecule has 0 saturated carbocycles. The SMILES string of the molecule is CC(C)c1ccc2c(c1)OC(C(F)(F)F)C(C(=O)O)=C2. The average Bonchev–Trinajstić information content (AvgIpc) is 2.35. The molecule has 0 radical (unpaired) electrons. The Morgan fingerprint density at radius 2 is 2.00 bits per heavy atom. The van der Waals surface area contributed by atoms with Gasteiger partial charge in [-0.15, -0.1) is 0 Å². The highest BCUT2D eigenvalue weighted by Gasteiger charge is 2.48. The van der Waals surface area contributed by atoms with Crippen LogP contribution in [0.1, 0.15) is 30.9 Å². The minimum absolute atomic E-state index is 0.0588. The maximum Gasteiger partial charge on any atom is 0.430 e. The van der Waals surface area contributed by atoms with Crippen molar-refractivity contribution in [3.8, 4) is 5.75 Å². The first-order chi connectivity index (χ1) is 9.20. The third kappa shape index (κ3) is 2.64. The van der Waals surface area contributed by atoms with E-state index >= 15 is 0 Å². The van der Waals surface area contributed by atoms with Gasteiger partial charge in [0.2, 0.25) is 6.10 Å². The Bertz CT molecular complexity index is 574. The number of rotatable bonds is 2. The Morgan fingerprint density at radius 3 is 2.50 bits per heavy atom. The van der Waals surface area contributed by atoms with E-state index in [0.29, 0.717) is 5.56 Å². The molecule has 1 aliphatic heterocycles. The molecule has 20 heavy (non-hydrogen) atoms. The number of carboxylic acid groups (broad SMARTS) is 1. The zero-order chi connectivity index (χ0) is 15.1. The molecule has 1 N–H and O–H groups in total. The van der Waals surface area contributed by atoms with Crippen LogP contribution < -0.4 is 4.74 Å². The normalized spacial score (nSPS) is 18.3. The third-order valence-electron chi connectivity index (χ3n) is 3.09. The molecule has 0 bridgehead atoms. The van der Waals surface area contributed by atoms with Crippen LogP contribution in [0, 0.1) is 0 Å². The van der Waals surface area contributed by atoms with Crippen LogP contribution in [0.25, 0.3) is 6.08 Å². The number of aliphatic carboxylic acids is 1. The summed E-state index contributed by atoms with van der Waals surface area (Å²) in [4.78, 5) is 10.9. The number of carboxylic acids is 1. The van der Waals surface area contributed by atoms with E-state index in [-0.39, 0.29) is 11.7 Å². The van der Waals surface area contributed by atoms with E-state index < -0.39 is 23.8 Å². The van der Waals surface area contributed by atoms with E-state index in [1.807, 2.05) is 13.8 Å². The predicted molar refractivity (Wildman–Crippen MR) is 66.6 cm³/mol. The number of hydrogen-bond acceptors (Lipinski definition) is 2. The quantitative estimate of drug-likeness (QED) is 0.903. The molecule has 0 fully saturated rings. The molecule has 6 heteroatoms. The summed E-state index contributed by atoms with van der Waals surface area (Å²) in [6.07, 6.45) is -6.19. The number of ether oxygens (including phenoxy) is 1. The lowest BCUT2D eigenvalue weighted by atomic mass is 9.96. The molecule has 0 amide bonds. The molecule has 0 saturated heterocycles. The minimum atomic E-state index is -4.77. The van der Waals surface area contributed by atoms with Crippen LogP contribution in [0.3, 0.4) is 0 Å².